The minimum absolute atomic E-state index is 0.00118. The Morgan fingerprint density at radius 3 is 2.82 bits per heavy atom. The van der Waals surface area contributed by atoms with E-state index in [0.717, 1.165) is 32.1 Å². The third-order valence-electron chi connectivity index (χ3n) is 3.50. The largest absolute Gasteiger partial charge is 0.469 e. The number of nitrogens with two attached hydrogens (primary N) is 1. The van der Waals surface area contributed by atoms with Crippen LogP contribution in [0.2, 0.25) is 0 Å². The van der Waals surface area contributed by atoms with Gasteiger partial charge in [-0.25, -0.2) is 0 Å². The van der Waals surface area contributed by atoms with Gasteiger partial charge in [0.2, 0.25) is 0 Å². The molecule has 100 valence electrons. The second kappa shape index (κ2) is 6.97. The summed E-state index contributed by atoms with van der Waals surface area (Å²) in [6, 6.07) is 0.220. The smallest absolute Gasteiger partial charge is 0.311 e. The summed E-state index contributed by atoms with van der Waals surface area (Å²) in [6.45, 7) is 4.00. The fourth-order valence-corrected chi connectivity index (χ4v) is 2.44. The van der Waals surface area contributed by atoms with Crippen LogP contribution >= 0.6 is 0 Å². The molecule has 4 nitrogen and oxygen atoms in total. The molecule has 0 spiro atoms. The SMILES string of the molecule is CCC[C@H](N)C[C@@H]1CCC(C(C)C(=O)OC)O1. The van der Waals surface area contributed by atoms with Gasteiger partial charge in [-0.15, -0.1) is 0 Å². The lowest BCUT2D eigenvalue weighted by molar-refractivity contribution is -0.149. The molecule has 1 aliphatic heterocycles. The Labute approximate surface area is 104 Å². The van der Waals surface area contributed by atoms with Crippen molar-refractivity contribution in [2.75, 3.05) is 7.11 Å². The van der Waals surface area contributed by atoms with E-state index in [1.807, 2.05) is 6.92 Å². The average Bonchev–Trinajstić information content (AvgIpc) is 2.75. The average molecular weight is 243 g/mol. The van der Waals surface area contributed by atoms with Crippen LogP contribution in [0.15, 0.2) is 0 Å². The maximum atomic E-state index is 11.4. The Morgan fingerprint density at radius 1 is 1.53 bits per heavy atom. The first-order valence-electron chi connectivity index (χ1n) is 6.57. The minimum atomic E-state index is -0.187. The van der Waals surface area contributed by atoms with Gasteiger partial charge in [0.15, 0.2) is 0 Å². The summed E-state index contributed by atoms with van der Waals surface area (Å²) in [4.78, 5) is 11.4. The second-order valence-corrected chi connectivity index (χ2v) is 4.97. The Balaban J connectivity index is 2.34. The summed E-state index contributed by atoms with van der Waals surface area (Å²) < 4.78 is 10.6. The number of esters is 1. The second-order valence-electron chi connectivity index (χ2n) is 4.97. The maximum Gasteiger partial charge on any atom is 0.311 e. The molecule has 4 atom stereocenters. The first-order chi connectivity index (χ1) is 8.08. The molecule has 0 bridgehead atoms. The van der Waals surface area contributed by atoms with Crippen molar-refractivity contribution in [1.29, 1.82) is 0 Å². The Morgan fingerprint density at radius 2 is 2.24 bits per heavy atom. The van der Waals surface area contributed by atoms with Gasteiger partial charge < -0.3 is 15.2 Å². The van der Waals surface area contributed by atoms with E-state index in [4.69, 9.17) is 15.2 Å². The molecule has 0 saturated carbocycles. The molecule has 1 aliphatic rings. The lowest BCUT2D eigenvalue weighted by atomic mass is 10.0. The third kappa shape index (κ3) is 4.28. The van der Waals surface area contributed by atoms with Crippen LogP contribution in [-0.2, 0) is 14.3 Å². The molecule has 1 heterocycles. The number of ether oxygens (including phenoxy) is 2. The van der Waals surface area contributed by atoms with Gasteiger partial charge >= 0.3 is 5.97 Å². The van der Waals surface area contributed by atoms with Crippen molar-refractivity contribution in [1.82, 2.24) is 0 Å². The summed E-state index contributed by atoms with van der Waals surface area (Å²) in [5, 5.41) is 0. The van der Waals surface area contributed by atoms with Crippen LogP contribution < -0.4 is 5.73 Å². The van der Waals surface area contributed by atoms with Crippen LogP contribution in [0.1, 0.15) is 46.0 Å². The molecule has 0 aromatic rings. The zero-order chi connectivity index (χ0) is 12.8. The Bertz CT molecular complexity index is 245. The Hall–Kier alpha value is -0.610. The lowest BCUT2D eigenvalue weighted by Crippen LogP contribution is -2.29. The number of rotatable bonds is 6. The number of carbonyl (C=O) groups excluding carboxylic acids is 1. The molecule has 0 aliphatic carbocycles. The van der Waals surface area contributed by atoms with Gasteiger partial charge in [0.25, 0.3) is 0 Å². The van der Waals surface area contributed by atoms with E-state index < -0.39 is 0 Å². The summed E-state index contributed by atoms with van der Waals surface area (Å²) in [5.74, 6) is -0.360. The van der Waals surface area contributed by atoms with Crippen molar-refractivity contribution in [3.63, 3.8) is 0 Å². The van der Waals surface area contributed by atoms with Gasteiger partial charge in [-0.2, -0.15) is 0 Å². The predicted molar refractivity (Wildman–Crippen MR) is 66.6 cm³/mol. The highest BCUT2D eigenvalue weighted by molar-refractivity contribution is 5.72. The summed E-state index contributed by atoms with van der Waals surface area (Å²) in [6.07, 6.45) is 5.20. The zero-order valence-electron chi connectivity index (χ0n) is 11.1. The highest BCUT2D eigenvalue weighted by Crippen LogP contribution is 2.28. The highest BCUT2D eigenvalue weighted by atomic mass is 16.5. The van der Waals surface area contributed by atoms with E-state index in [0.29, 0.717) is 0 Å². The first kappa shape index (κ1) is 14.5. The van der Waals surface area contributed by atoms with Crippen molar-refractivity contribution < 1.29 is 14.3 Å². The van der Waals surface area contributed by atoms with Crippen LogP contribution in [-0.4, -0.2) is 31.3 Å². The summed E-state index contributed by atoms with van der Waals surface area (Å²) in [5.41, 5.74) is 6.00. The fraction of sp³-hybridized carbons (Fsp3) is 0.923. The molecule has 1 saturated heterocycles. The van der Waals surface area contributed by atoms with E-state index in [1.54, 1.807) is 0 Å². The van der Waals surface area contributed by atoms with Crippen molar-refractivity contribution in [3.8, 4) is 0 Å². The highest BCUT2D eigenvalue weighted by Gasteiger charge is 2.33. The maximum absolute atomic E-state index is 11.4. The van der Waals surface area contributed by atoms with Crippen LogP contribution in [0.25, 0.3) is 0 Å². The topological polar surface area (TPSA) is 61.6 Å². The van der Waals surface area contributed by atoms with Crippen LogP contribution in [0.3, 0.4) is 0 Å². The van der Waals surface area contributed by atoms with Crippen molar-refractivity contribution in [2.45, 2.75) is 64.2 Å². The molecule has 0 aromatic carbocycles. The molecule has 0 radical (unpaired) electrons. The van der Waals surface area contributed by atoms with E-state index in [9.17, 15) is 4.79 Å². The molecular formula is C13H25NO3. The van der Waals surface area contributed by atoms with Gasteiger partial charge in [0.05, 0.1) is 25.2 Å². The number of hydrogen-bond donors (Lipinski definition) is 1. The van der Waals surface area contributed by atoms with Gasteiger partial charge in [-0.05, 0) is 32.6 Å². The molecule has 2 N–H and O–H groups in total. The summed E-state index contributed by atoms with van der Waals surface area (Å²) >= 11 is 0. The fourth-order valence-electron chi connectivity index (χ4n) is 2.44. The lowest BCUT2D eigenvalue weighted by Gasteiger charge is -2.20. The first-order valence-corrected chi connectivity index (χ1v) is 6.57. The van der Waals surface area contributed by atoms with E-state index in [2.05, 4.69) is 6.92 Å². The Kier molecular flexibility index (Phi) is 5.92. The van der Waals surface area contributed by atoms with Gasteiger partial charge in [0, 0.05) is 6.04 Å². The predicted octanol–water partition coefficient (Wildman–Crippen LogP) is 1.86. The normalized spacial score (nSPS) is 27.8. The number of hydrogen-bond acceptors (Lipinski definition) is 4. The molecule has 1 rings (SSSR count). The van der Waals surface area contributed by atoms with Crippen molar-refractivity contribution >= 4 is 5.97 Å². The van der Waals surface area contributed by atoms with Crippen LogP contribution in [0, 0.1) is 5.92 Å². The minimum Gasteiger partial charge on any atom is -0.469 e. The molecular weight excluding hydrogens is 218 g/mol. The van der Waals surface area contributed by atoms with E-state index >= 15 is 0 Å². The van der Waals surface area contributed by atoms with Crippen molar-refractivity contribution in [3.05, 3.63) is 0 Å². The van der Waals surface area contributed by atoms with Crippen molar-refractivity contribution in [2.24, 2.45) is 11.7 Å². The van der Waals surface area contributed by atoms with Gasteiger partial charge in [-0.3, -0.25) is 4.79 Å². The molecule has 17 heavy (non-hydrogen) atoms. The van der Waals surface area contributed by atoms with Crippen LogP contribution in [0.5, 0.6) is 0 Å². The standard InChI is InChI=1S/C13H25NO3/c1-4-5-10(14)8-11-6-7-12(17-11)9(2)13(15)16-3/h9-12H,4-8,14H2,1-3H3/t9?,10-,11-,12?/m0/s1. The van der Waals surface area contributed by atoms with E-state index in [1.165, 1.54) is 7.11 Å². The van der Waals surface area contributed by atoms with Gasteiger partial charge in [-0.1, -0.05) is 13.3 Å². The van der Waals surface area contributed by atoms with E-state index in [-0.39, 0.29) is 30.1 Å². The molecule has 0 aromatic heterocycles. The van der Waals surface area contributed by atoms with Crippen LogP contribution in [0.4, 0.5) is 0 Å². The number of carbonyl (C=O) groups is 1. The summed E-state index contributed by atoms with van der Waals surface area (Å²) in [7, 11) is 1.42. The monoisotopic (exact) mass is 243 g/mol. The molecule has 4 heteroatoms. The quantitative estimate of drug-likeness (QED) is 0.723. The molecule has 2 unspecified atom stereocenters. The molecule has 0 amide bonds. The zero-order valence-corrected chi connectivity index (χ0v) is 11.1. The number of methoxy groups -OCH3 is 1. The third-order valence-corrected chi connectivity index (χ3v) is 3.50. The molecule has 1 fully saturated rings. The van der Waals surface area contributed by atoms with Gasteiger partial charge in [0.1, 0.15) is 0 Å².